The largest absolute Gasteiger partial charge is 0.481 e. The zero-order valence-corrected chi connectivity index (χ0v) is 12.3. The molecule has 0 saturated carbocycles. The first-order valence-corrected chi connectivity index (χ1v) is 8.35. The first kappa shape index (κ1) is 15.0. The van der Waals surface area contributed by atoms with Crippen LogP contribution in [0.15, 0.2) is 24.3 Å². The third kappa shape index (κ3) is 3.02. The number of aliphatic carboxylic acids is 1. The number of rotatable bonds is 5. The maximum atomic E-state index is 12.3. The average Bonchev–Trinajstić information content (AvgIpc) is 2.43. The normalized spacial score (nSPS) is 19.6. The number of sulfonamides is 1. The molecule has 1 unspecified atom stereocenters. The minimum absolute atomic E-state index is 0.0262. The van der Waals surface area contributed by atoms with Gasteiger partial charge in [-0.25, -0.2) is 8.42 Å². The second kappa shape index (κ2) is 5.93. The van der Waals surface area contributed by atoms with Gasteiger partial charge in [0.25, 0.3) is 0 Å². The summed E-state index contributed by atoms with van der Waals surface area (Å²) < 4.78 is 25.8. The molecule has 0 aromatic heterocycles. The SMILES string of the molecule is CCCCS(=O)(=O)N1Cc2ccccc2C(C(=O)O)C1. The van der Waals surface area contributed by atoms with E-state index in [0.717, 1.165) is 17.5 Å². The van der Waals surface area contributed by atoms with Crippen molar-refractivity contribution in [3.05, 3.63) is 35.4 Å². The standard InChI is InChI=1S/C14H19NO4S/c1-2-3-8-20(18,19)15-9-11-6-4-5-7-12(11)13(10-15)14(16)17/h4-7,13H,2-3,8-10H2,1H3,(H,16,17). The first-order valence-electron chi connectivity index (χ1n) is 6.74. The number of fused-ring (bicyclic) bond motifs is 1. The number of carboxylic acid groups (broad SMARTS) is 1. The van der Waals surface area contributed by atoms with Crippen LogP contribution < -0.4 is 0 Å². The van der Waals surface area contributed by atoms with E-state index in [0.29, 0.717) is 6.42 Å². The first-order chi connectivity index (χ1) is 9.45. The van der Waals surface area contributed by atoms with Crippen molar-refractivity contribution in [1.29, 1.82) is 0 Å². The second-order valence-corrected chi connectivity index (χ2v) is 7.14. The smallest absolute Gasteiger partial charge is 0.312 e. The Morgan fingerprint density at radius 1 is 1.40 bits per heavy atom. The van der Waals surface area contributed by atoms with Crippen molar-refractivity contribution in [2.24, 2.45) is 0 Å². The molecule has 20 heavy (non-hydrogen) atoms. The van der Waals surface area contributed by atoms with Gasteiger partial charge in [0.2, 0.25) is 10.0 Å². The van der Waals surface area contributed by atoms with Crippen LogP contribution in [0.1, 0.15) is 36.8 Å². The predicted molar refractivity (Wildman–Crippen MR) is 75.9 cm³/mol. The average molecular weight is 297 g/mol. The lowest BCUT2D eigenvalue weighted by Gasteiger charge is -2.32. The van der Waals surface area contributed by atoms with Crippen molar-refractivity contribution in [2.75, 3.05) is 12.3 Å². The Balaban J connectivity index is 2.31. The number of carboxylic acids is 1. The van der Waals surface area contributed by atoms with Crippen molar-refractivity contribution in [1.82, 2.24) is 4.31 Å². The highest BCUT2D eigenvalue weighted by molar-refractivity contribution is 7.89. The van der Waals surface area contributed by atoms with Crippen molar-refractivity contribution >= 4 is 16.0 Å². The van der Waals surface area contributed by atoms with Gasteiger partial charge in [-0.1, -0.05) is 37.6 Å². The summed E-state index contributed by atoms with van der Waals surface area (Å²) >= 11 is 0. The summed E-state index contributed by atoms with van der Waals surface area (Å²) in [5.74, 6) is -1.68. The molecule has 1 aliphatic heterocycles. The molecule has 2 rings (SSSR count). The Morgan fingerprint density at radius 3 is 2.75 bits per heavy atom. The van der Waals surface area contributed by atoms with Gasteiger partial charge in [0.1, 0.15) is 0 Å². The van der Waals surface area contributed by atoms with E-state index >= 15 is 0 Å². The molecule has 1 heterocycles. The summed E-state index contributed by atoms with van der Waals surface area (Å²) in [6, 6.07) is 7.16. The molecule has 1 aliphatic rings. The van der Waals surface area contributed by atoms with Crippen molar-refractivity contribution in [2.45, 2.75) is 32.2 Å². The maximum Gasteiger partial charge on any atom is 0.312 e. The molecule has 6 heteroatoms. The number of carbonyl (C=O) groups is 1. The summed E-state index contributed by atoms with van der Waals surface area (Å²) in [7, 11) is -3.38. The van der Waals surface area contributed by atoms with Crippen LogP contribution in [0, 0.1) is 0 Å². The third-order valence-corrected chi connectivity index (χ3v) is 5.48. The van der Waals surface area contributed by atoms with Gasteiger partial charge in [0, 0.05) is 13.1 Å². The van der Waals surface area contributed by atoms with Crippen molar-refractivity contribution in [3.63, 3.8) is 0 Å². The molecule has 110 valence electrons. The second-order valence-electron chi connectivity index (χ2n) is 5.05. The predicted octanol–water partition coefficient (Wildman–Crippen LogP) is 1.80. The van der Waals surface area contributed by atoms with Crippen LogP contribution in [0.25, 0.3) is 0 Å². The Bertz CT molecular complexity index is 597. The van der Waals surface area contributed by atoms with E-state index in [1.807, 2.05) is 6.92 Å². The van der Waals surface area contributed by atoms with Gasteiger partial charge in [-0.05, 0) is 17.5 Å². The zero-order valence-electron chi connectivity index (χ0n) is 11.4. The van der Waals surface area contributed by atoms with E-state index < -0.39 is 21.9 Å². The summed E-state index contributed by atoms with van der Waals surface area (Å²) in [5, 5.41) is 9.32. The topological polar surface area (TPSA) is 74.7 Å². The molecule has 0 saturated heterocycles. The summed E-state index contributed by atoms with van der Waals surface area (Å²) in [6.45, 7) is 2.23. The van der Waals surface area contributed by atoms with Crippen LogP contribution in [0.3, 0.4) is 0 Å². The van der Waals surface area contributed by atoms with Crippen molar-refractivity contribution < 1.29 is 18.3 Å². The lowest BCUT2D eigenvalue weighted by molar-refractivity contribution is -0.139. The molecule has 1 N–H and O–H groups in total. The number of unbranched alkanes of at least 4 members (excludes halogenated alkanes) is 1. The van der Waals surface area contributed by atoms with Crippen LogP contribution in [-0.2, 0) is 21.4 Å². The lowest BCUT2D eigenvalue weighted by Crippen LogP contribution is -2.41. The molecule has 0 aliphatic carbocycles. The van der Waals surface area contributed by atoms with Crippen LogP contribution >= 0.6 is 0 Å². The van der Waals surface area contributed by atoms with Gasteiger partial charge in [0.15, 0.2) is 0 Å². The van der Waals surface area contributed by atoms with Gasteiger partial charge >= 0.3 is 5.97 Å². The summed E-state index contributed by atoms with van der Waals surface area (Å²) in [4.78, 5) is 11.4. The lowest BCUT2D eigenvalue weighted by atomic mass is 9.91. The molecule has 5 nitrogen and oxygen atoms in total. The Hall–Kier alpha value is -1.40. The molecule has 1 aromatic rings. The highest BCUT2D eigenvalue weighted by Gasteiger charge is 2.35. The molecule has 0 spiro atoms. The van der Waals surface area contributed by atoms with E-state index in [9.17, 15) is 18.3 Å². The summed E-state index contributed by atoms with van der Waals surface area (Å²) in [6.07, 6.45) is 1.39. The van der Waals surface area contributed by atoms with Crippen LogP contribution in [0.2, 0.25) is 0 Å². The van der Waals surface area contributed by atoms with Gasteiger partial charge in [-0.3, -0.25) is 4.79 Å². The monoisotopic (exact) mass is 297 g/mol. The van der Waals surface area contributed by atoms with Gasteiger partial charge in [0.05, 0.1) is 11.7 Å². The maximum absolute atomic E-state index is 12.3. The fourth-order valence-electron chi connectivity index (χ4n) is 2.45. The number of hydrogen-bond acceptors (Lipinski definition) is 3. The molecular weight excluding hydrogens is 278 g/mol. The van der Waals surface area contributed by atoms with Crippen LogP contribution in [-0.4, -0.2) is 36.1 Å². The number of benzene rings is 1. The molecule has 0 bridgehead atoms. The molecule has 0 radical (unpaired) electrons. The van der Waals surface area contributed by atoms with Gasteiger partial charge in [-0.15, -0.1) is 0 Å². The summed E-state index contributed by atoms with van der Waals surface area (Å²) in [5.41, 5.74) is 1.51. The highest BCUT2D eigenvalue weighted by atomic mass is 32.2. The van der Waals surface area contributed by atoms with E-state index in [4.69, 9.17) is 0 Å². The van der Waals surface area contributed by atoms with E-state index in [1.54, 1.807) is 24.3 Å². The van der Waals surface area contributed by atoms with E-state index in [2.05, 4.69) is 0 Å². The highest BCUT2D eigenvalue weighted by Crippen LogP contribution is 2.30. The van der Waals surface area contributed by atoms with Gasteiger partial charge < -0.3 is 5.11 Å². The molecular formula is C14H19NO4S. The minimum Gasteiger partial charge on any atom is -0.481 e. The minimum atomic E-state index is -3.38. The van der Waals surface area contributed by atoms with Crippen LogP contribution in [0.5, 0.6) is 0 Å². The van der Waals surface area contributed by atoms with Crippen LogP contribution in [0.4, 0.5) is 0 Å². The van der Waals surface area contributed by atoms with Gasteiger partial charge in [-0.2, -0.15) is 4.31 Å². The fourth-order valence-corrected chi connectivity index (χ4v) is 4.08. The molecule has 0 fully saturated rings. The number of hydrogen-bond donors (Lipinski definition) is 1. The zero-order chi connectivity index (χ0) is 14.8. The Kier molecular flexibility index (Phi) is 4.45. The van der Waals surface area contributed by atoms with Crippen molar-refractivity contribution in [3.8, 4) is 0 Å². The molecule has 1 atom stereocenters. The molecule has 1 aromatic carbocycles. The van der Waals surface area contributed by atoms with E-state index in [-0.39, 0.29) is 18.8 Å². The van der Waals surface area contributed by atoms with E-state index in [1.165, 1.54) is 4.31 Å². The quantitative estimate of drug-likeness (QED) is 0.899. The Morgan fingerprint density at radius 2 is 2.10 bits per heavy atom. The molecule has 0 amide bonds. The fraction of sp³-hybridized carbons (Fsp3) is 0.500. The third-order valence-electron chi connectivity index (χ3n) is 3.61. The Labute approximate surface area is 119 Å². The number of nitrogens with zero attached hydrogens (tertiary/aromatic N) is 1.